The quantitative estimate of drug-likeness (QED) is 0.832. The van der Waals surface area contributed by atoms with Crippen LogP contribution in [0.5, 0.6) is 0 Å². The van der Waals surface area contributed by atoms with Crippen molar-refractivity contribution in [1.29, 1.82) is 0 Å². The highest BCUT2D eigenvalue weighted by atomic mass is 32.2. The van der Waals surface area contributed by atoms with E-state index in [1.54, 1.807) is 0 Å². The lowest BCUT2D eigenvalue weighted by Crippen LogP contribution is -2.61. The molecular formula is C14H28N2S. The van der Waals surface area contributed by atoms with Crippen molar-refractivity contribution in [3.8, 4) is 0 Å². The van der Waals surface area contributed by atoms with E-state index in [0.717, 1.165) is 0 Å². The first kappa shape index (κ1) is 13.7. The summed E-state index contributed by atoms with van der Waals surface area (Å²) in [4.78, 5) is 2.71. The van der Waals surface area contributed by atoms with Crippen LogP contribution in [0.1, 0.15) is 46.5 Å². The summed E-state index contributed by atoms with van der Waals surface area (Å²) in [5.74, 6) is 1.37. The second-order valence-electron chi connectivity index (χ2n) is 6.03. The van der Waals surface area contributed by atoms with Crippen LogP contribution in [0.4, 0.5) is 0 Å². The van der Waals surface area contributed by atoms with Gasteiger partial charge in [-0.1, -0.05) is 13.8 Å². The van der Waals surface area contributed by atoms with E-state index in [9.17, 15) is 0 Å². The first-order chi connectivity index (χ1) is 8.11. The average molecular weight is 256 g/mol. The lowest BCUT2D eigenvalue weighted by molar-refractivity contribution is 0.115. The second-order valence-corrected chi connectivity index (χ2v) is 7.71. The van der Waals surface area contributed by atoms with Crippen LogP contribution in [0.15, 0.2) is 0 Å². The van der Waals surface area contributed by atoms with Gasteiger partial charge in [0.15, 0.2) is 0 Å². The zero-order valence-electron chi connectivity index (χ0n) is 11.7. The summed E-state index contributed by atoms with van der Waals surface area (Å²) < 4.78 is 0.532. The Bertz CT molecular complexity index is 243. The van der Waals surface area contributed by atoms with Gasteiger partial charge < -0.3 is 5.32 Å². The topological polar surface area (TPSA) is 15.3 Å². The van der Waals surface area contributed by atoms with Gasteiger partial charge in [-0.05, 0) is 38.4 Å². The third kappa shape index (κ3) is 3.18. The van der Waals surface area contributed by atoms with E-state index in [-0.39, 0.29) is 0 Å². The highest BCUT2D eigenvalue weighted by Gasteiger charge is 2.36. The molecule has 0 aromatic carbocycles. The smallest absolute Gasteiger partial charge is 0.0304 e. The summed E-state index contributed by atoms with van der Waals surface area (Å²) in [6.45, 7) is 12.1. The summed E-state index contributed by atoms with van der Waals surface area (Å²) in [5.41, 5.74) is 0.387. The van der Waals surface area contributed by atoms with Gasteiger partial charge in [0.1, 0.15) is 0 Å². The average Bonchev–Trinajstić information content (AvgIpc) is 2.76. The number of hydrogen-bond donors (Lipinski definition) is 1. The van der Waals surface area contributed by atoms with E-state index in [0.29, 0.717) is 10.3 Å². The number of piperazine rings is 1. The number of nitrogens with one attached hydrogen (secondary N) is 1. The van der Waals surface area contributed by atoms with Crippen molar-refractivity contribution in [3.05, 3.63) is 0 Å². The van der Waals surface area contributed by atoms with Crippen molar-refractivity contribution in [3.63, 3.8) is 0 Å². The van der Waals surface area contributed by atoms with Crippen LogP contribution >= 0.6 is 11.8 Å². The van der Waals surface area contributed by atoms with Crippen molar-refractivity contribution < 1.29 is 0 Å². The van der Waals surface area contributed by atoms with E-state index in [4.69, 9.17) is 0 Å². The molecule has 100 valence electrons. The SMILES string of the molecule is CCC1(CC)CN(CC2(C)CCCS2)CCN1. The Kier molecular flexibility index (Phi) is 4.43. The molecule has 1 atom stereocenters. The molecule has 2 fully saturated rings. The zero-order chi connectivity index (χ0) is 12.4. The van der Waals surface area contributed by atoms with Crippen LogP contribution in [-0.2, 0) is 0 Å². The third-order valence-corrected chi connectivity index (χ3v) is 6.19. The largest absolute Gasteiger partial charge is 0.309 e. The van der Waals surface area contributed by atoms with Crippen molar-refractivity contribution in [1.82, 2.24) is 10.2 Å². The zero-order valence-corrected chi connectivity index (χ0v) is 12.5. The number of nitrogens with zero attached hydrogens (tertiary/aromatic N) is 1. The molecule has 0 aromatic rings. The molecule has 2 saturated heterocycles. The molecule has 0 radical (unpaired) electrons. The normalized spacial score (nSPS) is 34.1. The van der Waals surface area contributed by atoms with Gasteiger partial charge in [0.2, 0.25) is 0 Å². The molecule has 1 N–H and O–H groups in total. The number of hydrogen-bond acceptors (Lipinski definition) is 3. The molecule has 0 aromatic heterocycles. The predicted molar refractivity (Wildman–Crippen MR) is 77.9 cm³/mol. The molecule has 2 rings (SSSR count). The van der Waals surface area contributed by atoms with Crippen LogP contribution in [0.2, 0.25) is 0 Å². The van der Waals surface area contributed by atoms with E-state index in [1.807, 2.05) is 0 Å². The standard InChI is InChI=1S/C14H28N2S/c1-4-14(5-2)12-16(9-8-15-14)11-13(3)7-6-10-17-13/h15H,4-12H2,1-3H3. The maximum Gasteiger partial charge on any atom is 0.0304 e. The van der Waals surface area contributed by atoms with E-state index in [2.05, 4.69) is 42.7 Å². The minimum Gasteiger partial charge on any atom is -0.309 e. The molecule has 2 aliphatic rings. The molecule has 17 heavy (non-hydrogen) atoms. The lowest BCUT2D eigenvalue weighted by Gasteiger charge is -2.45. The first-order valence-electron chi connectivity index (χ1n) is 7.23. The Morgan fingerprint density at radius 2 is 2.06 bits per heavy atom. The Morgan fingerprint density at radius 1 is 1.29 bits per heavy atom. The van der Waals surface area contributed by atoms with Gasteiger partial charge >= 0.3 is 0 Å². The molecule has 0 bridgehead atoms. The lowest BCUT2D eigenvalue weighted by atomic mass is 9.89. The minimum atomic E-state index is 0.387. The Balaban J connectivity index is 1.93. The molecule has 2 nitrogen and oxygen atoms in total. The summed E-state index contributed by atoms with van der Waals surface area (Å²) in [6, 6.07) is 0. The predicted octanol–water partition coefficient (Wildman–Crippen LogP) is 2.74. The summed E-state index contributed by atoms with van der Waals surface area (Å²) in [5, 5.41) is 3.75. The molecule has 0 amide bonds. The fourth-order valence-electron chi connectivity index (χ4n) is 3.34. The highest BCUT2D eigenvalue weighted by Crippen LogP contribution is 2.38. The minimum absolute atomic E-state index is 0.387. The summed E-state index contributed by atoms with van der Waals surface area (Å²) in [7, 11) is 0. The molecule has 2 aliphatic heterocycles. The fraction of sp³-hybridized carbons (Fsp3) is 1.00. The molecule has 1 unspecified atom stereocenters. The Hall–Kier alpha value is 0.270. The summed E-state index contributed by atoms with van der Waals surface area (Å²) >= 11 is 2.19. The fourth-order valence-corrected chi connectivity index (χ4v) is 4.68. The van der Waals surface area contributed by atoms with Crippen LogP contribution in [-0.4, -0.2) is 47.1 Å². The van der Waals surface area contributed by atoms with Crippen molar-refractivity contribution >= 4 is 11.8 Å². The van der Waals surface area contributed by atoms with Crippen LogP contribution in [0.3, 0.4) is 0 Å². The van der Waals surface area contributed by atoms with Gasteiger partial charge in [0, 0.05) is 36.5 Å². The van der Waals surface area contributed by atoms with Gasteiger partial charge in [-0.15, -0.1) is 0 Å². The van der Waals surface area contributed by atoms with Gasteiger partial charge in [0.25, 0.3) is 0 Å². The first-order valence-corrected chi connectivity index (χ1v) is 8.21. The van der Waals surface area contributed by atoms with Gasteiger partial charge in [-0.25, -0.2) is 0 Å². The third-order valence-electron chi connectivity index (χ3n) is 4.67. The molecule has 2 heterocycles. The molecule has 3 heteroatoms. The monoisotopic (exact) mass is 256 g/mol. The maximum absolute atomic E-state index is 3.75. The Morgan fingerprint density at radius 3 is 2.65 bits per heavy atom. The van der Waals surface area contributed by atoms with Crippen LogP contribution < -0.4 is 5.32 Å². The molecule has 0 saturated carbocycles. The summed E-state index contributed by atoms with van der Waals surface area (Å²) in [6.07, 6.45) is 5.33. The molecular weight excluding hydrogens is 228 g/mol. The van der Waals surface area contributed by atoms with E-state index in [1.165, 1.54) is 57.6 Å². The maximum atomic E-state index is 3.75. The van der Waals surface area contributed by atoms with Crippen LogP contribution in [0.25, 0.3) is 0 Å². The number of thioether (sulfide) groups is 1. The molecule has 0 spiro atoms. The second kappa shape index (κ2) is 5.50. The van der Waals surface area contributed by atoms with Crippen molar-refractivity contribution in [2.24, 2.45) is 0 Å². The highest BCUT2D eigenvalue weighted by molar-refractivity contribution is 8.00. The number of rotatable bonds is 4. The van der Waals surface area contributed by atoms with Crippen molar-refractivity contribution in [2.75, 3.05) is 31.9 Å². The van der Waals surface area contributed by atoms with Gasteiger partial charge in [-0.2, -0.15) is 11.8 Å². The molecule has 0 aliphatic carbocycles. The van der Waals surface area contributed by atoms with E-state index < -0.39 is 0 Å². The van der Waals surface area contributed by atoms with Gasteiger partial charge in [0.05, 0.1) is 0 Å². The van der Waals surface area contributed by atoms with E-state index >= 15 is 0 Å². The van der Waals surface area contributed by atoms with Gasteiger partial charge in [-0.3, -0.25) is 4.90 Å². The Labute approximate surface area is 111 Å². The van der Waals surface area contributed by atoms with Crippen molar-refractivity contribution in [2.45, 2.75) is 56.7 Å². The van der Waals surface area contributed by atoms with Crippen LogP contribution in [0, 0.1) is 0 Å².